The molecule has 10 heteroatoms. The van der Waals surface area contributed by atoms with E-state index in [2.05, 4.69) is 0 Å². The van der Waals surface area contributed by atoms with Gasteiger partial charge in [0.25, 0.3) is 15.0 Å². The lowest BCUT2D eigenvalue weighted by Crippen LogP contribution is -2.41. The summed E-state index contributed by atoms with van der Waals surface area (Å²) in [5.41, 5.74) is 0.0266. The monoisotopic (exact) mass is 347 g/mol. The fourth-order valence-corrected chi connectivity index (χ4v) is 2.25. The maximum Gasteiger partial charge on any atom is 0.324 e. The zero-order valence-electron chi connectivity index (χ0n) is 10.5. The van der Waals surface area contributed by atoms with E-state index in [0.29, 0.717) is 0 Å². The molecule has 0 spiro atoms. The molecule has 0 saturated carbocycles. The number of alkyl halides is 4. The van der Waals surface area contributed by atoms with Crippen molar-refractivity contribution in [3.63, 3.8) is 0 Å². The summed E-state index contributed by atoms with van der Waals surface area (Å²) < 4.78 is 71.4. The number of aryl methyl sites for hydroxylation is 1. The minimum Gasteiger partial charge on any atom is -0.346 e. The van der Waals surface area contributed by atoms with Crippen molar-refractivity contribution in [3.05, 3.63) is 29.3 Å². The molecule has 4 nitrogen and oxygen atoms in total. The second-order valence-electron chi connectivity index (χ2n) is 4.16. The Hall–Kier alpha value is -1.35. The molecule has 1 rings (SSSR count). The molecule has 0 aliphatic heterocycles. The maximum atomic E-state index is 12.7. The molecule has 0 unspecified atom stereocenters. The molecule has 0 aliphatic carbocycles. The number of nitrogens with one attached hydrogen (secondary N) is 1. The number of carbonyl (C=O) groups excluding carboxylic acids is 1. The third-order valence-electron chi connectivity index (χ3n) is 2.53. The summed E-state index contributed by atoms with van der Waals surface area (Å²) in [6.45, 7) is -0.176. The molecular formula is C11H10ClF4NO3S. The molecule has 0 bridgehead atoms. The van der Waals surface area contributed by atoms with Gasteiger partial charge in [0.2, 0.25) is 0 Å². The van der Waals surface area contributed by atoms with Crippen LogP contribution in [0.4, 0.5) is 17.6 Å². The highest BCUT2D eigenvalue weighted by atomic mass is 35.7. The van der Waals surface area contributed by atoms with Crippen molar-refractivity contribution in [2.75, 3.05) is 6.54 Å². The lowest BCUT2D eigenvalue weighted by atomic mass is 10.1. The Kier molecular flexibility index (Phi) is 5.21. The number of rotatable bonds is 5. The summed E-state index contributed by atoms with van der Waals surface area (Å²) in [6.07, 6.45) is -3.90. The number of hydrogen-bond acceptors (Lipinski definition) is 3. The van der Waals surface area contributed by atoms with E-state index in [1.54, 1.807) is 5.32 Å². The van der Waals surface area contributed by atoms with E-state index >= 15 is 0 Å². The number of amides is 1. The van der Waals surface area contributed by atoms with Crippen LogP contribution in [0.1, 0.15) is 15.9 Å². The van der Waals surface area contributed by atoms with Gasteiger partial charge >= 0.3 is 12.3 Å². The van der Waals surface area contributed by atoms with E-state index in [9.17, 15) is 30.8 Å². The van der Waals surface area contributed by atoms with Crippen molar-refractivity contribution in [2.45, 2.75) is 24.2 Å². The summed E-state index contributed by atoms with van der Waals surface area (Å²) in [6, 6.07) is 3.14. The number of benzene rings is 1. The second-order valence-corrected chi connectivity index (χ2v) is 6.72. The Morgan fingerprint density at radius 3 is 2.38 bits per heavy atom. The summed E-state index contributed by atoms with van der Waals surface area (Å²) >= 11 is 0. The zero-order chi connectivity index (χ0) is 16.4. The van der Waals surface area contributed by atoms with Crippen molar-refractivity contribution in [1.29, 1.82) is 0 Å². The quantitative estimate of drug-likeness (QED) is 0.657. The van der Waals surface area contributed by atoms with Gasteiger partial charge in [-0.05, 0) is 30.7 Å². The molecule has 21 heavy (non-hydrogen) atoms. The molecule has 0 heterocycles. The topological polar surface area (TPSA) is 63.2 Å². The largest absolute Gasteiger partial charge is 0.346 e. The Morgan fingerprint density at radius 2 is 1.95 bits per heavy atom. The fraction of sp³-hybridized carbons (Fsp3) is 0.364. The van der Waals surface area contributed by atoms with Gasteiger partial charge in [-0.3, -0.25) is 4.79 Å². The van der Waals surface area contributed by atoms with Crippen LogP contribution in [0, 0.1) is 6.92 Å². The standard InChI is InChI=1S/C11H10ClF4NO3S/c1-6-4-7(21(12,19)20)2-3-8(6)9(18)17-5-11(15,16)10(13)14/h2-4,10H,5H2,1H3,(H,17,18). The molecule has 0 radical (unpaired) electrons. The minimum atomic E-state index is -4.34. The Balaban J connectivity index is 2.90. The first-order valence-corrected chi connectivity index (χ1v) is 7.75. The van der Waals surface area contributed by atoms with Gasteiger partial charge < -0.3 is 5.32 Å². The average Bonchev–Trinajstić information content (AvgIpc) is 2.34. The molecule has 0 atom stereocenters. The van der Waals surface area contributed by atoms with E-state index < -0.39 is 33.9 Å². The van der Waals surface area contributed by atoms with E-state index in [4.69, 9.17) is 10.7 Å². The maximum absolute atomic E-state index is 12.7. The second kappa shape index (κ2) is 6.18. The van der Waals surface area contributed by atoms with Crippen LogP contribution in [0.3, 0.4) is 0 Å². The van der Waals surface area contributed by atoms with Crippen molar-refractivity contribution >= 4 is 25.6 Å². The van der Waals surface area contributed by atoms with Crippen LogP contribution in [0.25, 0.3) is 0 Å². The highest BCUT2D eigenvalue weighted by Crippen LogP contribution is 2.22. The highest BCUT2D eigenvalue weighted by molar-refractivity contribution is 8.13. The smallest absolute Gasteiger partial charge is 0.324 e. The number of carbonyl (C=O) groups is 1. The van der Waals surface area contributed by atoms with Crippen LogP contribution < -0.4 is 5.32 Å². The normalized spacial score (nSPS) is 12.5. The van der Waals surface area contributed by atoms with Gasteiger partial charge in [-0.2, -0.15) is 8.78 Å². The first kappa shape index (κ1) is 17.7. The lowest BCUT2D eigenvalue weighted by Gasteiger charge is -2.16. The van der Waals surface area contributed by atoms with Gasteiger partial charge in [0.1, 0.15) is 0 Å². The van der Waals surface area contributed by atoms with Crippen molar-refractivity contribution < 1.29 is 30.8 Å². The van der Waals surface area contributed by atoms with Crippen LogP contribution in [-0.4, -0.2) is 33.2 Å². The van der Waals surface area contributed by atoms with E-state index in [-0.39, 0.29) is 16.0 Å². The molecule has 1 aromatic rings. The SMILES string of the molecule is Cc1cc(S(=O)(=O)Cl)ccc1C(=O)NCC(F)(F)C(F)F. The Bertz CT molecular complexity index is 649. The molecular weight excluding hydrogens is 338 g/mol. The predicted octanol–water partition coefficient (Wildman–Crippen LogP) is 2.55. The molecule has 0 fully saturated rings. The summed E-state index contributed by atoms with van der Waals surface area (Å²) in [5.74, 6) is -5.37. The van der Waals surface area contributed by atoms with Crippen molar-refractivity contribution in [1.82, 2.24) is 5.32 Å². The molecule has 0 aliphatic rings. The van der Waals surface area contributed by atoms with E-state index in [1.807, 2.05) is 0 Å². The Morgan fingerprint density at radius 1 is 1.38 bits per heavy atom. The van der Waals surface area contributed by atoms with Gasteiger partial charge in [0, 0.05) is 16.2 Å². The molecule has 1 N–H and O–H groups in total. The molecule has 1 amide bonds. The third kappa shape index (κ3) is 4.57. The summed E-state index contributed by atoms with van der Waals surface area (Å²) in [4.78, 5) is 11.4. The molecule has 0 saturated heterocycles. The number of hydrogen-bond donors (Lipinski definition) is 1. The molecule has 0 aromatic heterocycles. The number of halogens is 5. The summed E-state index contributed by atoms with van der Waals surface area (Å²) in [5, 5.41) is 1.67. The van der Waals surface area contributed by atoms with Gasteiger partial charge in [0.05, 0.1) is 11.4 Å². The van der Waals surface area contributed by atoms with Crippen LogP contribution in [-0.2, 0) is 9.05 Å². The van der Waals surface area contributed by atoms with Gasteiger partial charge in [0.15, 0.2) is 0 Å². The van der Waals surface area contributed by atoms with Crippen molar-refractivity contribution in [3.8, 4) is 0 Å². The average molecular weight is 348 g/mol. The van der Waals surface area contributed by atoms with Crippen LogP contribution in [0.5, 0.6) is 0 Å². The Labute approximate surface area is 122 Å². The van der Waals surface area contributed by atoms with Gasteiger partial charge in [-0.15, -0.1) is 0 Å². The van der Waals surface area contributed by atoms with Crippen LogP contribution >= 0.6 is 10.7 Å². The molecule has 118 valence electrons. The van der Waals surface area contributed by atoms with Crippen LogP contribution in [0.2, 0.25) is 0 Å². The molecule has 1 aromatic carbocycles. The zero-order valence-corrected chi connectivity index (χ0v) is 12.1. The lowest BCUT2D eigenvalue weighted by molar-refractivity contribution is -0.123. The first-order chi connectivity index (χ1) is 9.45. The summed E-state index contributed by atoms with van der Waals surface area (Å²) in [7, 11) is 1.11. The van der Waals surface area contributed by atoms with Crippen molar-refractivity contribution in [2.24, 2.45) is 0 Å². The van der Waals surface area contributed by atoms with E-state index in [0.717, 1.165) is 18.2 Å². The third-order valence-corrected chi connectivity index (χ3v) is 3.88. The highest BCUT2D eigenvalue weighted by Gasteiger charge is 2.40. The fourth-order valence-electron chi connectivity index (χ4n) is 1.41. The van der Waals surface area contributed by atoms with E-state index in [1.165, 1.54) is 6.92 Å². The first-order valence-electron chi connectivity index (χ1n) is 5.44. The predicted molar refractivity (Wildman–Crippen MR) is 67.5 cm³/mol. The van der Waals surface area contributed by atoms with Crippen LogP contribution in [0.15, 0.2) is 23.1 Å². The van der Waals surface area contributed by atoms with Gasteiger partial charge in [-0.25, -0.2) is 17.2 Å². The minimum absolute atomic E-state index is 0.121. The van der Waals surface area contributed by atoms with Gasteiger partial charge in [-0.1, -0.05) is 0 Å².